The van der Waals surface area contributed by atoms with Crippen LogP contribution in [0.5, 0.6) is 46.3 Å². The molecular weight excluding hydrogens is 638 g/mol. The van der Waals surface area contributed by atoms with Crippen molar-refractivity contribution < 1.29 is 18.9 Å². The van der Waals surface area contributed by atoms with Crippen molar-refractivity contribution in [3.05, 3.63) is 151 Å². The van der Waals surface area contributed by atoms with Gasteiger partial charge in [0.05, 0.1) is 11.0 Å². The third-order valence-electron chi connectivity index (χ3n) is 8.35. The van der Waals surface area contributed by atoms with E-state index < -0.39 is 0 Å². The summed E-state index contributed by atoms with van der Waals surface area (Å²) in [6, 6.07) is 36.8. The van der Waals surface area contributed by atoms with Gasteiger partial charge in [-0.1, -0.05) is 26.0 Å². The second-order valence-corrected chi connectivity index (χ2v) is 11.8. The minimum Gasteiger partial charge on any atom is -0.457 e. The lowest BCUT2D eigenvalue weighted by molar-refractivity contribution is 0.447. The van der Waals surface area contributed by atoms with E-state index in [1.807, 2.05) is 102 Å². The first-order chi connectivity index (χ1) is 25.1. The Hall–Kier alpha value is -6.74. The lowest BCUT2D eigenvalue weighted by Crippen LogP contribution is -2.00. The van der Waals surface area contributed by atoms with Gasteiger partial charge in [0.25, 0.3) is 0 Å². The fraction of sp³-hybridized carbons (Fsp3) is 0.0952. The maximum atomic E-state index is 6.48. The summed E-state index contributed by atoms with van der Waals surface area (Å²) in [6.45, 7) is 4.20. The average molecular weight is 672 g/mol. The first-order valence-electron chi connectivity index (χ1n) is 16.8. The topological polar surface area (TPSA) is 93.4 Å². The first-order valence-corrected chi connectivity index (χ1v) is 16.8. The van der Waals surface area contributed by atoms with Crippen LogP contribution in [0.3, 0.4) is 0 Å². The Morgan fingerprint density at radius 2 is 0.882 bits per heavy atom. The van der Waals surface area contributed by atoms with Crippen LogP contribution >= 0.6 is 0 Å². The number of aromatic nitrogens is 5. The molecule has 0 amide bonds. The molecule has 9 heteroatoms. The largest absolute Gasteiger partial charge is 0.457 e. The number of pyridine rings is 2. The van der Waals surface area contributed by atoms with Crippen LogP contribution in [0.1, 0.15) is 25.0 Å². The molecule has 0 saturated heterocycles. The molecule has 0 spiro atoms. The summed E-state index contributed by atoms with van der Waals surface area (Å²) in [5.74, 6) is 5.52. The molecule has 4 heterocycles. The van der Waals surface area contributed by atoms with E-state index in [9.17, 15) is 0 Å². The molecule has 0 atom stereocenters. The zero-order valence-electron chi connectivity index (χ0n) is 28.1. The van der Waals surface area contributed by atoms with Crippen molar-refractivity contribution in [3.63, 3.8) is 0 Å². The van der Waals surface area contributed by atoms with Gasteiger partial charge in [0, 0.05) is 72.0 Å². The highest BCUT2D eigenvalue weighted by Gasteiger charge is 2.17. The van der Waals surface area contributed by atoms with Crippen molar-refractivity contribution in [1.82, 2.24) is 24.5 Å². The van der Waals surface area contributed by atoms with Crippen molar-refractivity contribution >= 4 is 21.8 Å². The molecule has 9 nitrogen and oxygen atoms in total. The van der Waals surface area contributed by atoms with Gasteiger partial charge in [0.1, 0.15) is 34.5 Å². The third-order valence-corrected chi connectivity index (χ3v) is 8.35. The standard InChI is InChI=1S/C42H33N5O4/c1-3-28-20-32(24-34(22-28)50-40-10-5-7-16-43-40)48-30-12-14-36-37-15-13-31(27-39(37)47(38(36)26-30)42-45-18-9-19-46-42)49-33-21-29(4-2)23-35(25-33)51-41-11-6-8-17-44-41/h5-27H,3-4H2,1-2H3. The summed E-state index contributed by atoms with van der Waals surface area (Å²) in [4.78, 5) is 17.8. The number of hydrogen-bond acceptors (Lipinski definition) is 8. The summed E-state index contributed by atoms with van der Waals surface area (Å²) in [5.41, 5.74) is 3.94. The quantitative estimate of drug-likeness (QED) is 0.134. The van der Waals surface area contributed by atoms with E-state index in [0.717, 1.165) is 45.8 Å². The van der Waals surface area contributed by atoms with Crippen LogP contribution in [0.4, 0.5) is 0 Å². The summed E-state index contributed by atoms with van der Waals surface area (Å²) < 4.78 is 27.1. The second kappa shape index (κ2) is 14.0. The van der Waals surface area contributed by atoms with Crippen LogP contribution in [0.25, 0.3) is 27.8 Å². The highest BCUT2D eigenvalue weighted by atomic mass is 16.5. The number of hydrogen-bond donors (Lipinski definition) is 0. The van der Waals surface area contributed by atoms with Crippen molar-refractivity contribution in [1.29, 1.82) is 0 Å². The highest BCUT2D eigenvalue weighted by molar-refractivity contribution is 6.09. The van der Waals surface area contributed by atoms with Crippen LogP contribution in [0.15, 0.2) is 140 Å². The van der Waals surface area contributed by atoms with Gasteiger partial charge in [0.2, 0.25) is 17.7 Å². The third kappa shape index (κ3) is 6.91. The maximum Gasteiger partial charge on any atom is 0.234 e. The summed E-state index contributed by atoms with van der Waals surface area (Å²) in [6.07, 6.45) is 8.52. The van der Waals surface area contributed by atoms with Crippen molar-refractivity contribution in [2.75, 3.05) is 0 Å². The van der Waals surface area contributed by atoms with E-state index in [2.05, 4.69) is 45.9 Å². The number of fused-ring (bicyclic) bond motifs is 3. The second-order valence-electron chi connectivity index (χ2n) is 11.8. The molecule has 0 saturated carbocycles. The van der Waals surface area contributed by atoms with Gasteiger partial charge < -0.3 is 18.9 Å². The number of aryl methyl sites for hydroxylation is 2. The zero-order valence-corrected chi connectivity index (χ0v) is 28.1. The molecule has 0 radical (unpaired) electrons. The summed E-state index contributed by atoms with van der Waals surface area (Å²) in [5, 5.41) is 2.05. The van der Waals surface area contributed by atoms with E-state index in [-0.39, 0.29) is 0 Å². The summed E-state index contributed by atoms with van der Waals surface area (Å²) >= 11 is 0. The van der Waals surface area contributed by atoms with E-state index in [4.69, 9.17) is 18.9 Å². The Labute approximate surface area is 294 Å². The van der Waals surface area contributed by atoms with Crippen LogP contribution < -0.4 is 18.9 Å². The monoisotopic (exact) mass is 671 g/mol. The van der Waals surface area contributed by atoms with Crippen molar-refractivity contribution in [2.24, 2.45) is 0 Å². The lowest BCUT2D eigenvalue weighted by Gasteiger charge is -2.12. The predicted molar refractivity (Wildman–Crippen MR) is 197 cm³/mol. The Morgan fingerprint density at radius 1 is 0.431 bits per heavy atom. The molecule has 0 aliphatic carbocycles. The smallest absolute Gasteiger partial charge is 0.234 e. The Kier molecular flexibility index (Phi) is 8.66. The zero-order chi connectivity index (χ0) is 34.6. The Bertz CT molecular complexity index is 2300. The Balaban J connectivity index is 1.16. The fourth-order valence-electron chi connectivity index (χ4n) is 5.96. The minimum absolute atomic E-state index is 0.519. The van der Waals surface area contributed by atoms with Gasteiger partial charge in [-0.05, 0) is 90.7 Å². The number of nitrogens with zero attached hydrogens (tertiary/aromatic N) is 5. The van der Waals surface area contributed by atoms with Crippen LogP contribution in [-0.2, 0) is 12.8 Å². The van der Waals surface area contributed by atoms with Crippen LogP contribution in [0.2, 0.25) is 0 Å². The first kappa shape index (κ1) is 31.5. The number of ether oxygens (including phenoxy) is 4. The lowest BCUT2D eigenvalue weighted by atomic mass is 10.1. The van der Waals surface area contributed by atoms with Gasteiger partial charge in [-0.25, -0.2) is 19.9 Å². The van der Waals surface area contributed by atoms with Gasteiger partial charge in [-0.15, -0.1) is 0 Å². The molecule has 8 aromatic rings. The molecule has 250 valence electrons. The number of rotatable bonds is 11. The molecule has 4 aromatic heterocycles. The summed E-state index contributed by atoms with van der Waals surface area (Å²) in [7, 11) is 0. The van der Waals surface area contributed by atoms with E-state index >= 15 is 0 Å². The van der Waals surface area contributed by atoms with E-state index in [0.29, 0.717) is 52.2 Å². The molecule has 0 N–H and O–H groups in total. The van der Waals surface area contributed by atoms with Gasteiger partial charge in [0.15, 0.2) is 0 Å². The molecule has 8 rings (SSSR count). The average Bonchev–Trinajstić information content (AvgIpc) is 3.48. The highest BCUT2D eigenvalue weighted by Crippen LogP contribution is 2.38. The molecular formula is C42H33N5O4. The van der Waals surface area contributed by atoms with Gasteiger partial charge >= 0.3 is 0 Å². The van der Waals surface area contributed by atoms with Crippen molar-refractivity contribution in [2.45, 2.75) is 26.7 Å². The van der Waals surface area contributed by atoms with E-state index in [1.165, 1.54) is 0 Å². The molecule has 0 aliphatic rings. The molecule has 0 bridgehead atoms. The van der Waals surface area contributed by atoms with Crippen molar-refractivity contribution in [3.8, 4) is 52.2 Å². The normalized spacial score (nSPS) is 11.1. The minimum atomic E-state index is 0.519. The van der Waals surface area contributed by atoms with Crippen LogP contribution in [0, 0.1) is 0 Å². The molecule has 51 heavy (non-hydrogen) atoms. The fourth-order valence-corrected chi connectivity index (χ4v) is 5.96. The molecule has 0 unspecified atom stereocenters. The van der Waals surface area contributed by atoms with Gasteiger partial charge in [-0.3, -0.25) is 4.57 Å². The van der Waals surface area contributed by atoms with Crippen LogP contribution in [-0.4, -0.2) is 24.5 Å². The molecule has 4 aromatic carbocycles. The Morgan fingerprint density at radius 3 is 1.31 bits per heavy atom. The van der Waals surface area contributed by atoms with Gasteiger partial charge in [-0.2, -0.15) is 0 Å². The molecule has 0 fully saturated rings. The van der Waals surface area contributed by atoms with E-state index in [1.54, 1.807) is 30.9 Å². The SMILES string of the molecule is CCc1cc(Oc2ccc3c4ccc(Oc5cc(CC)cc(Oc6ccccn6)c5)cc4n(-c4ncccn4)c3c2)cc(Oc2ccccn2)c1. The number of benzene rings is 4. The molecule has 0 aliphatic heterocycles. The predicted octanol–water partition coefficient (Wildman–Crippen LogP) is 10.7. The maximum absolute atomic E-state index is 6.48.